The van der Waals surface area contributed by atoms with Gasteiger partial charge in [-0.05, 0) is 38.0 Å². The maximum absolute atomic E-state index is 12.1. The molecule has 0 radical (unpaired) electrons. The van der Waals surface area contributed by atoms with Crippen LogP contribution in [0.25, 0.3) is 5.65 Å². The summed E-state index contributed by atoms with van der Waals surface area (Å²) in [6, 6.07) is 13.9. The Kier molecular flexibility index (Phi) is 5.28. The van der Waals surface area contributed by atoms with Gasteiger partial charge >= 0.3 is 0 Å². The fraction of sp³-hybridized carbons (Fsp3) is 0.316. The molecule has 0 atom stereocenters. The monoisotopic (exact) mass is 337 g/mol. The SMILES string of the molecule is CCN(CC)c1ccc2nc(NC(=O)CCc3ccccc3)nn2c1. The van der Waals surface area contributed by atoms with Gasteiger partial charge in [0.1, 0.15) is 0 Å². The lowest BCUT2D eigenvalue weighted by atomic mass is 10.1. The largest absolute Gasteiger partial charge is 0.371 e. The second kappa shape index (κ2) is 7.79. The van der Waals surface area contributed by atoms with E-state index in [1.165, 1.54) is 0 Å². The van der Waals surface area contributed by atoms with Crippen LogP contribution in [0.2, 0.25) is 0 Å². The molecule has 1 amide bonds. The van der Waals surface area contributed by atoms with Crippen molar-refractivity contribution >= 4 is 23.2 Å². The van der Waals surface area contributed by atoms with Crippen LogP contribution < -0.4 is 10.2 Å². The summed E-state index contributed by atoms with van der Waals surface area (Å²) in [4.78, 5) is 18.7. The van der Waals surface area contributed by atoms with Crippen molar-refractivity contribution in [2.45, 2.75) is 26.7 Å². The van der Waals surface area contributed by atoms with E-state index in [2.05, 4.69) is 34.1 Å². The number of benzene rings is 1. The van der Waals surface area contributed by atoms with Crippen molar-refractivity contribution in [1.29, 1.82) is 0 Å². The number of amides is 1. The zero-order valence-corrected chi connectivity index (χ0v) is 14.6. The highest BCUT2D eigenvalue weighted by Crippen LogP contribution is 2.16. The van der Waals surface area contributed by atoms with Gasteiger partial charge in [-0.1, -0.05) is 30.3 Å². The molecule has 0 aliphatic heterocycles. The first-order chi connectivity index (χ1) is 12.2. The molecule has 6 nitrogen and oxygen atoms in total. The molecule has 3 aromatic rings. The molecule has 0 aliphatic carbocycles. The number of nitrogens with zero attached hydrogens (tertiary/aromatic N) is 4. The van der Waals surface area contributed by atoms with Gasteiger partial charge in [-0.15, -0.1) is 5.10 Å². The number of carbonyl (C=O) groups excluding carboxylic acids is 1. The molecule has 0 saturated carbocycles. The number of hydrogen-bond acceptors (Lipinski definition) is 4. The van der Waals surface area contributed by atoms with Crippen molar-refractivity contribution in [2.75, 3.05) is 23.3 Å². The first-order valence-corrected chi connectivity index (χ1v) is 8.64. The summed E-state index contributed by atoms with van der Waals surface area (Å²) in [6.07, 6.45) is 3.05. The van der Waals surface area contributed by atoms with Gasteiger partial charge in [-0.3, -0.25) is 10.1 Å². The molecule has 1 aromatic carbocycles. The van der Waals surface area contributed by atoms with Gasteiger partial charge < -0.3 is 4.90 Å². The quantitative estimate of drug-likeness (QED) is 0.719. The number of rotatable bonds is 7. The summed E-state index contributed by atoms with van der Waals surface area (Å²) >= 11 is 0. The Bertz CT molecular complexity index is 839. The highest BCUT2D eigenvalue weighted by molar-refractivity contribution is 5.89. The summed E-state index contributed by atoms with van der Waals surface area (Å²) in [5, 5.41) is 7.15. The highest BCUT2D eigenvalue weighted by Gasteiger charge is 2.10. The normalized spacial score (nSPS) is 10.8. The number of pyridine rings is 1. The lowest BCUT2D eigenvalue weighted by molar-refractivity contribution is -0.116. The Morgan fingerprint density at radius 3 is 2.60 bits per heavy atom. The van der Waals surface area contributed by atoms with Gasteiger partial charge in [0.15, 0.2) is 5.65 Å². The summed E-state index contributed by atoms with van der Waals surface area (Å²) in [7, 11) is 0. The Labute approximate surface area is 147 Å². The summed E-state index contributed by atoms with van der Waals surface area (Å²) in [5.74, 6) is 0.262. The second-order valence-corrected chi connectivity index (χ2v) is 5.83. The van der Waals surface area contributed by atoms with Crippen molar-refractivity contribution < 1.29 is 4.79 Å². The first kappa shape index (κ1) is 17.0. The van der Waals surface area contributed by atoms with E-state index in [-0.39, 0.29) is 5.91 Å². The maximum atomic E-state index is 12.1. The number of aromatic nitrogens is 3. The molecular weight excluding hydrogens is 314 g/mol. The van der Waals surface area contributed by atoms with Crippen molar-refractivity contribution in [3.05, 3.63) is 54.2 Å². The molecule has 0 bridgehead atoms. The Hall–Kier alpha value is -2.89. The van der Waals surface area contributed by atoms with Crippen LogP contribution in [0.5, 0.6) is 0 Å². The summed E-state index contributed by atoms with van der Waals surface area (Å²) < 4.78 is 1.71. The molecule has 6 heteroatoms. The molecule has 130 valence electrons. The van der Waals surface area contributed by atoms with Crippen LogP contribution >= 0.6 is 0 Å². The third-order valence-electron chi connectivity index (χ3n) is 4.18. The van der Waals surface area contributed by atoms with E-state index in [1.54, 1.807) is 4.52 Å². The molecule has 2 heterocycles. The predicted octanol–water partition coefficient (Wildman–Crippen LogP) is 3.15. The maximum Gasteiger partial charge on any atom is 0.249 e. The van der Waals surface area contributed by atoms with E-state index in [1.807, 2.05) is 48.7 Å². The van der Waals surface area contributed by atoms with E-state index in [9.17, 15) is 4.79 Å². The minimum atomic E-state index is -0.0799. The van der Waals surface area contributed by atoms with E-state index in [4.69, 9.17) is 0 Å². The van der Waals surface area contributed by atoms with Gasteiger partial charge in [0.2, 0.25) is 11.9 Å². The number of hydrogen-bond donors (Lipinski definition) is 1. The van der Waals surface area contributed by atoms with Gasteiger partial charge in [0.25, 0.3) is 0 Å². The Balaban J connectivity index is 1.66. The number of aryl methyl sites for hydroxylation is 1. The topological polar surface area (TPSA) is 62.5 Å². The summed E-state index contributed by atoms with van der Waals surface area (Å²) in [5.41, 5.74) is 2.95. The second-order valence-electron chi connectivity index (χ2n) is 5.83. The molecule has 3 rings (SSSR count). The zero-order valence-electron chi connectivity index (χ0n) is 14.6. The highest BCUT2D eigenvalue weighted by atomic mass is 16.1. The molecule has 0 unspecified atom stereocenters. The Morgan fingerprint density at radius 1 is 1.12 bits per heavy atom. The fourth-order valence-electron chi connectivity index (χ4n) is 2.79. The molecule has 0 aliphatic rings. The zero-order chi connectivity index (χ0) is 17.6. The van der Waals surface area contributed by atoms with E-state index >= 15 is 0 Å². The predicted molar refractivity (Wildman–Crippen MR) is 99.9 cm³/mol. The molecule has 0 spiro atoms. The van der Waals surface area contributed by atoms with E-state index in [0.717, 1.165) is 24.3 Å². The van der Waals surface area contributed by atoms with Gasteiger partial charge in [-0.2, -0.15) is 4.98 Å². The van der Waals surface area contributed by atoms with Crippen LogP contribution in [0.4, 0.5) is 11.6 Å². The van der Waals surface area contributed by atoms with Crippen LogP contribution in [0.1, 0.15) is 25.8 Å². The standard InChI is InChI=1S/C19H23N5O/c1-3-23(4-2)16-11-12-17-20-19(22-24(17)14-16)21-18(25)13-10-15-8-6-5-7-9-15/h5-9,11-12,14H,3-4,10,13H2,1-2H3,(H,21,22,25). The van der Waals surface area contributed by atoms with Crippen LogP contribution in [-0.4, -0.2) is 33.6 Å². The average Bonchev–Trinajstić information content (AvgIpc) is 3.03. The smallest absolute Gasteiger partial charge is 0.249 e. The van der Waals surface area contributed by atoms with Gasteiger partial charge in [0, 0.05) is 19.5 Å². The first-order valence-electron chi connectivity index (χ1n) is 8.64. The molecule has 25 heavy (non-hydrogen) atoms. The van der Waals surface area contributed by atoms with Crippen molar-refractivity contribution in [3.8, 4) is 0 Å². The number of carbonyl (C=O) groups is 1. The molecule has 0 fully saturated rings. The van der Waals surface area contributed by atoms with E-state index in [0.29, 0.717) is 24.4 Å². The third-order valence-corrected chi connectivity index (χ3v) is 4.18. The van der Waals surface area contributed by atoms with Crippen molar-refractivity contribution in [1.82, 2.24) is 14.6 Å². The van der Waals surface area contributed by atoms with Crippen LogP contribution in [-0.2, 0) is 11.2 Å². The number of anilines is 2. The van der Waals surface area contributed by atoms with Gasteiger partial charge in [0.05, 0.1) is 11.9 Å². The Morgan fingerprint density at radius 2 is 1.88 bits per heavy atom. The van der Waals surface area contributed by atoms with Crippen LogP contribution in [0.15, 0.2) is 48.7 Å². The van der Waals surface area contributed by atoms with E-state index < -0.39 is 0 Å². The minimum Gasteiger partial charge on any atom is -0.371 e. The lowest BCUT2D eigenvalue weighted by Gasteiger charge is -2.20. The molecule has 1 N–H and O–H groups in total. The van der Waals surface area contributed by atoms with Crippen LogP contribution in [0, 0.1) is 0 Å². The molecule has 2 aromatic heterocycles. The van der Waals surface area contributed by atoms with Gasteiger partial charge in [-0.25, -0.2) is 4.52 Å². The summed E-state index contributed by atoms with van der Waals surface area (Å²) in [6.45, 7) is 6.10. The molecular formula is C19H23N5O. The van der Waals surface area contributed by atoms with Crippen molar-refractivity contribution in [2.24, 2.45) is 0 Å². The van der Waals surface area contributed by atoms with Crippen LogP contribution in [0.3, 0.4) is 0 Å². The third kappa shape index (κ3) is 4.15. The number of nitrogens with one attached hydrogen (secondary N) is 1. The fourth-order valence-corrected chi connectivity index (χ4v) is 2.79. The number of fused-ring (bicyclic) bond motifs is 1. The van der Waals surface area contributed by atoms with Crippen molar-refractivity contribution in [3.63, 3.8) is 0 Å². The molecule has 0 saturated heterocycles. The average molecular weight is 337 g/mol. The minimum absolute atomic E-state index is 0.0799. The lowest BCUT2D eigenvalue weighted by Crippen LogP contribution is -2.22.